The first kappa shape index (κ1) is 21.6. The third-order valence-corrected chi connectivity index (χ3v) is 8.44. The summed E-state index contributed by atoms with van der Waals surface area (Å²) < 4.78 is 27.0. The van der Waals surface area contributed by atoms with E-state index in [2.05, 4.69) is 10.6 Å². The second-order valence-corrected chi connectivity index (χ2v) is 10.5. The standard InChI is InChI=1S/C23H24N4O5S/c28-20(24-17-7-5-8-18(14-17)33(31,32)26-12-3-4-13-26)15-27-21(29)23(25-22(27)30)11-10-16-6-1-2-9-19(16)23/h1-2,5-9,14H,3-4,10-13,15H2,(H,24,28)(H,25,30)/t23-/m1/s1. The van der Waals surface area contributed by atoms with Crippen LogP contribution >= 0.6 is 0 Å². The number of sulfonamides is 1. The van der Waals surface area contributed by atoms with Crippen LogP contribution in [0.2, 0.25) is 0 Å². The van der Waals surface area contributed by atoms with E-state index in [4.69, 9.17) is 0 Å². The molecular formula is C23H24N4O5S. The largest absolute Gasteiger partial charge is 0.325 e. The molecule has 1 atom stereocenters. The van der Waals surface area contributed by atoms with Crippen LogP contribution in [0.5, 0.6) is 0 Å². The fraction of sp³-hybridized carbons (Fsp3) is 0.348. The molecule has 9 nitrogen and oxygen atoms in total. The fourth-order valence-corrected chi connectivity index (χ4v) is 6.45. The van der Waals surface area contributed by atoms with Crippen LogP contribution in [0, 0.1) is 0 Å². The molecule has 0 bridgehead atoms. The summed E-state index contributed by atoms with van der Waals surface area (Å²) in [5.74, 6) is -1.03. The zero-order chi connectivity index (χ0) is 23.2. The zero-order valence-electron chi connectivity index (χ0n) is 17.9. The number of imide groups is 1. The van der Waals surface area contributed by atoms with Crippen molar-refractivity contribution in [3.63, 3.8) is 0 Å². The maximum absolute atomic E-state index is 13.2. The lowest BCUT2D eigenvalue weighted by Gasteiger charge is -2.22. The van der Waals surface area contributed by atoms with Crippen LogP contribution in [0.15, 0.2) is 53.4 Å². The van der Waals surface area contributed by atoms with Crippen molar-refractivity contribution in [2.75, 3.05) is 25.0 Å². The molecule has 172 valence electrons. The van der Waals surface area contributed by atoms with Crippen LogP contribution in [-0.4, -0.2) is 55.1 Å². The normalized spacial score (nSPS) is 22.6. The number of nitrogens with one attached hydrogen (secondary N) is 2. The van der Waals surface area contributed by atoms with Gasteiger partial charge in [-0.25, -0.2) is 13.2 Å². The average molecular weight is 469 g/mol. The predicted octanol–water partition coefficient (Wildman–Crippen LogP) is 1.80. The second-order valence-electron chi connectivity index (χ2n) is 8.57. The van der Waals surface area contributed by atoms with Crippen molar-refractivity contribution in [1.82, 2.24) is 14.5 Å². The minimum Gasteiger partial charge on any atom is -0.324 e. The van der Waals surface area contributed by atoms with Gasteiger partial charge in [0, 0.05) is 18.8 Å². The lowest BCUT2D eigenvalue weighted by atomic mass is 9.92. The summed E-state index contributed by atoms with van der Waals surface area (Å²) in [5, 5.41) is 5.40. The molecule has 3 aliphatic rings. The van der Waals surface area contributed by atoms with Crippen molar-refractivity contribution in [3.8, 4) is 0 Å². The van der Waals surface area contributed by atoms with Crippen molar-refractivity contribution in [2.24, 2.45) is 0 Å². The number of aryl methyl sites for hydroxylation is 1. The topological polar surface area (TPSA) is 116 Å². The Balaban J connectivity index is 1.30. The van der Waals surface area contributed by atoms with Crippen LogP contribution < -0.4 is 10.6 Å². The molecule has 2 heterocycles. The Morgan fingerprint density at radius 2 is 1.82 bits per heavy atom. The molecule has 2 saturated heterocycles. The van der Waals surface area contributed by atoms with Crippen molar-refractivity contribution in [2.45, 2.75) is 36.1 Å². The van der Waals surface area contributed by atoms with Crippen LogP contribution in [-0.2, 0) is 31.6 Å². The first-order valence-electron chi connectivity index (χ1n) is 10.9. The lowest BCUT2D eigenvalue weighted by molar-refractivity contribution is -0.134. The second kappa shape index (κ2) is 7.96. The van der Waals surface area contributed by atoms with E-state index in [1.807, 2.05) is 24.3 Å². The number of anilines is 1. The highest BCUT2D eigenvalue weighted by Crippen LogP contribution is 2.41. The summed E-state index contributed by atoms with van der Waals surface area (Å²) in [6.07, 6.45) is 2.77. The Bertz CT molecular complexity index is 1260. The highest BCUT2D eigenvalue weighted by atomic mass is 32.2. The number of carbonyl (C=O) groups is 3. The Kier molecular flexibility index (Phi) is 5.21. The van der Waals surface area contributed by atoms with E-state index in [0.717, 1.165) is 28.9 Å². The van der Waals surface area contributed by atoms with E-state index >= 15 is 0 Å². The summed E-state index contributed by atoms with van der Waals surface area (Å²) in [7, 11) is -3.63. The molecular weight excluding hydrogens is 444 g/mol. The first-order chi connectivity index (χ1) is 15.8. The van der Waals surface area contributed by atoms with Crippen LogP contribution in [0.3, 0.4) is 0 Å². The van der Waals surface area contributed by atoms with E-state index in [0.29, 0.717) is 25.9 Å². The minimum atomic E-state index is -3.63. The van der Waals surface area contributed by atoms with Crippen molar-refractivity contribution in [3.05, 3.63) is 59.7 Å². The Hall–Kier alpha value is -3.24. The number of amides is 4. The summed E-state index contributed by atoms with van der Waals surface area (Å²) in [6.45, 7) is 0.504. The summed E-state index contributed by atoms with van der Waals surface area (Å²) in [5.41, 5.74) is 0.935. The maximum atomic E-state index is 13.2. The highest BCUT2D eigenvalue weighted by molar-refractivity contribution is 7.89. The van der Waals surface area contributed by atoms with Crippen LogP contribution in [0.1, 0.15) is 30.4 Å². The number of nitrogens with zero attached hydrogens (tertiary/aromatic N) is 2. The Labute approximate surface area is 191 Å². The molecule has 2 aromatic carbocycles. The molecule has 2 aromatic rings. The van der Waals surface area contributed by atoms with Gasteiger partial charge in [-0.1, -0.05) is 30.3 Å². The zero-order valence-corrected chi connectivity index (χ0v) is 18.7. The Morgan fingerprint density at radius 3 is 2.61 bits per heavy atom. The molecule has 1 spiro atoms. The fourth-order valence-electron chi connectivity index (χ4n) is 4.89. The Morgan fingerprint density at radius 1 is 1.06 bits per heavy atom. The van der Waals surface area contributed by atoms with Crippen molar-refractivity contribution >= 4 is 33.6 Å². The molecule has 0 unspecified atom stereocenters. The molecule has 33 heavy (non-hydrogen) atoms. The van der Waals surface area contributed by atoms with Gasteiger partial charge < -0.3 is 10.6 Å². The number of rotatable bonds is 5. The molecule has 0 radical (unpaired) electrons. The van der Waals surface area contributed by atoms with Gasteiger partial charge in [0.1, 0.15) is 12.1 Å². The number of benzene rings is 2. The monoisotopic (exact) mass is 468 g/mol. The third kappa shape index (κ3) is 3.59. The van der Waals surface area contributed by atoms with Gasteiger partial charge in [0.05, 0.1) is 4.90 Å². The van der Waals surface area contributed by atoms with Gasteiger partial charge in [-0.2, -0.15) is 4.31 Å². The number of hydrogen-bond acceptors (Lipinski definition) is 5. The van der Waals surface area contributed by atoms with Crippen LogP contribution in [0.4, 0.5) is 10.5 Å². The molecule has 0 aromatic heterocycles. The van der Waals surface area contributed by atoms with Crippen molar-refractivity contribution in [1.29, 1.82) is 0 Å². The third-order valence-electron chi connectivity index (χ3n) is 6.54. The molecule has 0 saturated carbocycles. The predicted molar refractivity (Wildman–Crippen MR) is 120 cm³/mol. The average Bonchev–Trinajstić information content (AvgIpc) is 3.52. The molecule has 5 rings (SSSR count). The maximum Gasteiger partial charge on any atom is 0.325 e. The number of carbonyl (C=O) groups excluding carboxylic acids is 3. The van der Waals surface area contributed by atoms with Crippen LogP contribution in [0.25, 0.3) is 0 Å². The minimum absolute atomic E-state index is 0.0960. The summed E-state index contributed by atoms with van der Waals surface area (Å²) in [6, 6.07) is 12.9. The van der Waals surface area contributed by atoms with E-state index in [1.165, 1.54) is 16.4 Å². The summed E-state index contributed by atoms with van der Waals surface area (Å²) >= 11 is 0. The molecule has 1 aliphatic carbocycles. The van der Waals surface area contributed by atoms with E-state index in [9.17, 15) is 22.8 Å². The molecule has 10 heteroatoms. The van der Waals surface area contributed by atoms with Crippen molar-refractivity contribution < 1.29 is 22.8 Å². The van der Waals surface area contributed by atoms with E-state index < -0.39 is 40.0 Å². The van der Waals surface area contributed by atoms with Gasteiger partial charge in [-0.3, -0.25) is 14.5 Å². The smallest absolute Gasteiger partial charge is 0.324 e. The van der Waals surface area contributed by atoms with Gasteiger partial charge >= 0.3 is 6.03 Å². The first-order valence-corrected chi connectivity index (χ1v) is 12.4. The molecule has 4 amide bonds. The molecule has 2 aliphatic heterocycles. The lowest BCUT2D eigenvalue weighted by Crippen LogP contribution is -2.43. The highest BCUT2D eigenvalue weighted by Gasteiger charge is 2.55. The summed E-state index contributed by atoms with van der Waals surface area (Å²) in [4.78, 5) is 39.5. The van der Waals surface area contributed by atoms with Gasteiger partial charge in [0.2, 0.25) is 15.9 Å². The van der Waals surface area contributed by atoms with Gasteiger partial charge in [0.15, 0.2) is 0 Å². The van der Waals surface area contributed by atoms with Gasteiger partial charge in [0.25, 0.3) is 5.91 Å². The van der Waals surface area contributed by atoms with Gasteiger partial charge in [-0.05, 0) is 55.0 Å². The SMILES string of the molecule is O=C(CN1C(=O)N[C@@]2(CCc3ccccc32)C1=O)Nc1cccc(S(=O)(=O)N2CCCC2)c1. The van der Waals surface area contributed by atoms with E-state index in [-0.39, 0.29) is 10.6 Å². The van der Waals surface area contributed by atoms with Gasteiger partial charge in [-0.15, -0.1) is 0 Å². The van der Waals surface area contributed by atoms with E-state index in [1.54, 1.807) is 12.1 Å². The quantitative estimate of drug-likeness (QED) is 0.650. The number of fused-ring (bicyclic) bond motifs is 2. The number of hydrogen-bond donors (Lipinski definition) is 2. The molecule has 2 fully saturated rings. The number of urea groups is 1. The molecule has 2 N–H and O–H groups in total.